The average Bonchev–Trinajstić information content (AvgIpc) is 2.71. The molecule has 3 rings (SSSR count). The number of amides is 1. The molecule has 0 spiro atoms. The Morgan fingerprint density at radius 1 is 1.22 bits per heavy atom. The fourth-order valence-electron chi connectivity index (χ4n) is 3.14. The van der Waals surface area contributed by atoms with Gasteiger partial charge in [-0.05, 0) is 55.3 Å². The topological polar surface area (TPSA) is 75.7 Å². The molecule has 142 valence electrons. The Morgan fingerprint density at radius 3 is 2.74 bits per heavy atom. The van der Waals surface area contributed by atoms with Crippen molar-refractivity contribution in [2.75, 3.05) is 25.6 Å². The highest BCUT2D eigenvalue weighted by molar-refractivity contribution is 7.89. The van der Waals surface area contributed by atoms with E-state index in [0.29, 0.717) is 12.1 Å². The van der Waals surface area contributed by atoms with Crippen molar-refractivity contribution >= 4 is 27.7 Å². The summed E-state index contributed by atoms with van der Waals surface area (Å²) in [5.74, 6) is 0.119. The van der Waals surface area contributed by atoms with Crippen LogP contribution in [0.5, 0.6) is 5.75 Å². The second-order valence-electron chi connectivity index (χ2n) is 6.17. The minimum absolute atomic E-state index is 0.0328. The van der Waals surface area contributed by atoms with E-state index in [2.05, 4.69) is 4.72 Å². The van der Waals surface area contributed by atoms with Gasteiger partial charge in [-0.1, -0.05) is 24.3 Å². The van der Waals surface area contributed by atoms with Gasteiger partial charge in [-0.3, -0.25) is 4.79 Å². The number of nitrogens with zero attached hydrogens (tertiary/aromatic N) is 1. The third kappa shape index (κ3) is 4.04. The SMILES string of the molecule is CNS(=O)(=O)c1cc(/C=C/C(=O)N2CCCc3ccccc32)ccc1OC. The predicted octanol–water partition coefficient (Wildman–Crippen LogP) is 2.60. The Morgan fingerprint density at radius 2 is 2.00 bits per heavy atom. The van der Waals surface area contributed by atoms with Gasteiger partial charge in [0.15, 0.2) is 0 Å². The van der Waals surface area contributed by atoms with Crippen molar-refractivity contribution in [2.45, 2.75) is 17.7 Å². The van der Waals surface area contributed by atoms with Crippen molar-refractivity contribution in [1.29, 1.82) is 0 Å². The van der Waals surface area contributed by atoms with E-state index in [0.717, 1.165) is 24.1 Å². The van der Waals surface area contributed by atoms with Crippen LogP contribution in [0, 0.1) is 0 Å². The van der Waals surface area contributed by atoms with Gasteiger partial charge >= 0.3 is 0 Å². The van der Waals surface area contributed by atoms with Gasteiger partial charge in [-0.15, -0.1) is 0 Å². The number of carbonyl (C=O) groups is 1. The van der Waals surface area contributed by atoms with Gasteiger partial charge in [-0.25, -0.2) is 13.1 Å². The summed E-state index contributed by atoms with van der Waals surface area (Å²) in [5.41, 5.74) is 2.70. The zero-order valence-electron chi connectivity index (χ0n) is 15.3. The van der Waals surface area contributed by atoms with Gasteiger partial charge in [0.05, 0.1) is 7.11 Å². The molecule has 27 heavy (non-hydrogen) atoms. The number of para-hydroxylation sites is 1. The summed E-state index contributed by atoms with van der Waals surface area (Å²) in [6.07, 6.45) is 4.98. The van der Waals surface area contributed by atoms with E-state index in [1.165, 1.54) is 26.3 Å². The van der Waals surface area contributed by atoms with Gasteiger partial charge in [0.2, 0.25) is 10.0 Å². The molecule has 0 saturated heterocycles. The zero-order valence-corrected chi connectivity index (χ0v) is 16.1. The zero-order chi connectivity index (χ0) is 19.4. The van der Waals surface area contributed by atoms with Crippen molar-refractivity contribution < 1.29 is 17.9 Å². The Hall–Kier alpha value is -2.64. The van der Waals surface area contributed by atoms with Crippen LogP contribution in [-0.2, 0) is 21.2 Å². The van der Waals surface area contributed by atoms with Gasteiger partial charge in [0.25, 0.3) is 5.91 Å². The van der Waals surface area contributed by atoms with Crippen LogP contribution in [0.25, 0.3) is 6.08 Å². The van der Waals surface area contributed by atoms with Crippen LogP contribution in [0.3, 0.4) is 0 Å². The van der Waals surface area contributed by atoms with Crippen molar-refractivity contribution in [3.05, 3.63) is 59.7 Å². The van der Waals surface area contributed by atoms with Gasteiger partial charge in [0.1, 0.15) is 10.6 Å². The van der Waals surface area contributed by atoms with Crippen molar-refractivity contribution in [3.63, 3.8) is 0 Å². The maximum Gasteiger partial charge on any atom is 0.250 e. The molecule has 0 fully saturated rings. The summed E-state index contributed by atoms with van der Waals surface area (Å²) >= 11 is 0. The first kappa shape index (κ1) is 19.1. The minimum atomic E-state index is -3.67. The molecule has 0 atom stereocenters. The number of rotatable bonds is 5. The van der Waals surface area contributed by atoms with E-state index in [1.54, 1.807) is 23.1 Å². The molecule has 0 unspecified atom stereocenters. The first-order valence-corrected chi connectivity index (χ1v) is 10.1. The number of hydrogen-bond donors (Lipinski definition) is 1. The molecule has 0 aromatic heterocycles. The molecule has 2 aromatic rings. The Labute approximate surface area is 159 Å². The summed E-state index contributed by atoms with van der Waals surface area (Å²) < 4.78 is 31.7. The lowest BCUT2D eigenvalue weighted by Crippen LogP contribution is -2.34. The number of sulfonamides is 1. The second kappa shape index (κ2) is 7.94. The number of anilines is 1. The maximum atomic E-state index is 12.7. The lowest BCUT2D eigenvalue weighted by Gasteiger charge is -2.28. The maximum absolute atomic E-state index is 12.7. The molecule has 0 aliphatic carbocycles. The molecule has 1 aliphatic rings. The summed E-state index contributed by atoms with van der Waals surface area (Å²) in [4.78, 5) is 14.5. The van der Waals surface area contributed by atoms with E-state index in [-0.39, 0.29) is 16.6 Å². The highest BCUT2D eigenvalue weighted by Crippen LogP contribution is 2.28. The van der Waals surface area contributed by atoms with Crippen molar-refractivity contribution in [2.24, 2.45) is 0 Å². The third-order valence-electron chi connectivity index (χ3n) is 4.54. The number of carbonyl (C=O) groups excluding carboxylic acids is 1. The first-order valence-electron chi connectivity index (χ1n) is 8.65. The molecule has 2 aromatic carbocycles. The Bertz CT molecular complexity index is 983. The number of benzene rings is 2. The van der Waals surface area contributed by atoms with E-state index < -0.39 is 10.0 Å². The number of aryl methyl sites for hydroxylation is 1. The van der Waals surface area contributed by atoms with Gasteiger partial charge in [-0.2, -0.15) is 0 Å². The number of ether oxygens (including phenoxy) is 1. The quantitative estimate of drug-likeness (QED) is 0.802. The molecule has 1 aliphatic heterocycles. The lowest BCUT2D eigenvalue weighted by molar-refractivity contribution is -0.114. The van der Waals surface area contributed by atoms with Gasteiger partial charge < -0.3 is 9.64 Å². The van der Waals surface area contributed by atoms with Crippen molar-refractivity contribution in [3.8, 4) is 5.75 Å². The van der Waals surface area contributed by atoms with Crippen LogP contribution < -0.4 is 14.4 Å². The number of hydrogen-bond acceptors (Lipinski definition) is 4. The van der Waals surface area contributed by atoms with Crippen LogP contribution in [-0.4, -0.2) is 35.0 Å². The second-order valence-corrected chi connectivity index (χ2v) is 8.03. The van der Waals surface area contributed by atoms with Crippen LogP contribution in [0.1, 0.15) is 17.5 Å². The molecule has 0 bridgehead atoms. The molecular formula is C20H22N2O4S. The molecule has 1 amide bonds. The van der Waals surface area contributed by atoms with E-state index in [9.17, 15) is 13.2 Å². The summed E-state index contributed by atoms with van der Waals surface area (Å²) in [7, 11) is -0.911. The summed E-state index contributed by atoms with van der Waals surface area (Å²) in [6.45, 7) is 0.669. The highest BCUT2D eigenvalue weighted by atomic mass is 32.2. The minimum Gasteiger partial charge on any atom is -0.495 e. The summed E-state index contributed by atoms with van der Waals surface area (Å²) in [5, 5.41) is 0. The Balaban J connectivity index is 1.87. The van der Waals surface area contributed by atoms with E-state index in [1.807, 2.05) is 24.3 Å². The van der Waals surface area contributed by atoms with Crippen LogP contribution in [0.4, 0.5) is 5.69 Å². The van der Waals surface area contributed by atoms with Crippen LogP contribution in [0.2, 0.25) is 0 Å². The average molecular weight is 386 g/mol. The molecule has 1 N–H and O–H groups in total. The number of methoxy groups -OCH3 is 1. The number of nitrogens with one attached hydrogen (secondary N) is 1. The molecule has 0 radical (unpaired) electrons. The fourth-order valence-corrected chi connectivity index (χ4v) is 4.06. The smallest absolute Gasteiger partial charge is 0.250 e. The molecule has 1 heterocycles. The monoisotopic (exact) mass is 386 g/mol. The molecular weight excluding hydrogens is 364 g/mol. The number of fused-ring (bicyclic) bond motifs is 1. The predicted molar refractivity (Wildman–Crippen MR) is 105 cm³/mol. The summed E-state index contributed by atoms with van der Waals surface area (Å²) in [6, 6.07) is 12.7. The van der Waals surface area contributed by atoms with E-state index >= 15 is 0 Å². The van der Waals surface area contributed by atoms with E-state index in [4.69, 9.17) is 4.74 Å². The Kier molecular flexibility index (Phi) is 5.62. The highest BCUT2D eigenvalue weighted by Gasteiger charge is 2.21. The van der Waals surface area contributed by atoms with Crippen molar-refractivity contribution in [1.82, 2.24) is 4.72 Å². The third-order valence-corrected chi connectivity index (χ3v) is 5.98. The lowest BCUT2D eigenvalue weighted by atomic mass is 10.0. The molecule has 7 heteroatoms. The normalized spacial score (nSPS) is 14.2. The first-order chi connectivity index (χ1) is 13.0. The fraction of sp³-hybridized carbons (Fsp3) is 0.250. The standard InChI is InChI=1S/C20H22N2O4S/c1-21-27(24,25)19-14-15(9-11-18(19)26-2)10-12-20(23)22-13-5-7-16-6-3-4-8-17(16)22/h3-4,6,8-12,14,21H,5,7,13H2,1-2H3/b12-10+. The molecule has 6 nitrogen and oxygen atoms in total. The van der Waals surface area contributed by atoms with Crippen LogP contribution in [0.15, 0.2) is 53.4 Å². The largest absolute Gasteiger partial charge is 0.495 e. The van der Waals surface area contributed by atoms with Crippen LogP contribution >= 0.6 is 0 Å². The molecule has 0 saturated carbocycles. The van der Waals surface area contributed by atoms with Gasteiger partial charge in [0, 0.05) is 18.3 Å².